The minimum Gasteiger partial charge on any atom is -0.341 e. The van der Waals surface area contributed by atoms with E-state index in [1.54, 1.807) is 12.1 Å². The van der Waals surface area contributed by atoms with Crippen molar-refractivity contribution in [2.24, 2.45) is 5.73 Å². The number of aryl methyl sites for hydroxylation is 1. The average Bonchev–Trinajstić information content (AvgIpc) is 2.79. The number of aromatic nitrogens is 1. The van der Waals surface area contributed by atoms with Gasteiger partial charge in [0.1, 0.15) is 0 Å². The third-order valence-corrected chi connectivity index (χ3v) is 3.77. The lowest BCUT2D eigenvalue weighted by Gasteiger charge is -2.11. The van der Waals surface area contributed by atoms with Crippen LogP contribution in [-0.2, 0) is 6.54 Å². The standard InChI is InChI=1S/C16H16F2N2/c1-2-20-13-6-4-3-5-11(13)12-9-10(7-8-14(12)20)15(19)16(17)18/h3-9,15-16H,2,19H2,1H3/t15-/m1/s1. The van der Waals surface area contributed by atoms with Crippen LogP contribution in [0, 0.1) is 0 Å². The van der Waals surface area contributed by atoms with Crippen LogP contribution in [0.15, 0.2) is 42.5 Å². The zero-order valence-electron chi connectivity index (χ0n) is 11.2. The Morgan fingerprint density at radius 2 is 1.75 bits per heavy atom. The first-order valence-corrected chi connectivity index (χ1v) is 6.68. The highest BCUT2D eigenvalue weighted by Crippen LogP contribution is 2.31. The molecule has 4 heteroatoms. The lowest BCUT2D eigenvalue weighted by molar-refractivity contribution is 0.116. The van der Waals surface area contributed by atoms with Gasteiger partial charge in [0.25, 0.3) is 6.43 Å². The van der Waals surface area contributed by atoms with Gasteiger partial charge in [0.15, 0.2) is 0 Å². The molecule has 2 aromatic carbocycles. The molecule has 0 bridgehead atoms. The van der Waals surface area contributed by atoms with E-state index in [1.165, 1.54) is 0 Å². The van der Waals surface area contributed by atoms with Gasteiger partial charge in [-0.2, -0.15) is 0 Å². The Morgan fingerprint density at radius 3 is 2.45 bits per heavy atom. The van der Waals surface area contributed by atoms with Crippen LogP contribution in [0.25, 0.3) is 21.8 Å². The van der Waals surface area contributed by atoms with Gasteiger partial charge in [-0.15, -0.1) is 0 Å². The highest BCUT2D eigenvalue weighted by atomic mass is 19.3. The number of rotatable bonds is 3. The molecule has 1 aromatic heterocycles. The first-order valence-electron chi connectivity index (χ1n) is 6.68. The van der Waals surface area contributed by atoms with Gasteiger partial charge in [-0.3, -0.25) is 0 Å². The molecule has 2 nitrogen and oxygen atoms in total. The molecule has 2 N–H and O–H groups in total. The Kier molecular flexibility index (Phi) is 3.18. The van der Waals surface area contributed by atoms with Gasteiger partial charge in [0, 0.05) is 28.4 Å². The van der Waals surface area contributed by atoms with Crippen molar-refractivity contribution in [3.05, 3.63) is 48.0 Å². The summed E-state index contributed by atoms with van der Waals surface area (Å²) < 4.78 is 27.7. The fraction of sp³-hybridized carbons (Fsp3) is 0.250. The Bertz CT molecular complexity index is 762. The molecule has 0 saturated carbocycles. The Hall–Kier alpha value is -1.94. The number of para-hydroxylation sites is 1. The van der Waals surface area contributed by atoms with Crippen molar-refractivity contribution in [1.29, 1.82) is 0 Å². The Balaban J connectivity index is 2.31. The van der Waals surface area contributed by atoms with Gasteiger partial charge in [-0.05, 0) is 30.7 Å². The molecule has 1 atom stereocenters. The summed E-state index contributed by atoms with van der Waals surface area (Å²) in [5.41, 5.74) is 8.21. The largest absolute Gasteiger partial charge is 0.341 e. The van der Waals surface area contributed by atoms with E-state index in [1.807, 2.05) is 30.3 Å². The van der Waals surface area contributed by atoms with Crippen LogP contribution in [0.3, 0.4) is 0 Å². The van der Waals surface area contributed by atoms with Crippen molar-refractivity contribution in [3.8, 4) is 0 Å². The van der Waals surface area contributed by atoms with Crippen LogP contribution in [0.2, 0.25) is 0 Å². The maximum atomic E-state index is 12.8. The molecule has 0 aliphatic heterocycles. The Labute approximate surface area is 115 Å². The maximum absolute atomic E-state index is 12.8. The van der Waals surface area contributed by atoms with E-state index >= 15 is 0 Å². The van der Waals surface area contributed by atoms with Crippen molar-refractivity contribution in [1.82, 2.24) is 4.57 Å². The average molecular weight is 274 g/mol. The maximum Gasteiger partial charge on any atom is 0.257 e. The number of nitrogens with two attached hydrogens (primary N) is 1. The summed E-state index contributed by atoms with van der Waals surface area (Å²) in [5, 5.41) is 2.06. The number of halogens is 2. The van der Waals surface area contributed by atoms with E-state index in [0.717, 1.165) is 28.4 Å². The minimum atomic E-state index is -2.55. The molecule has 0 fully saturated rings. The van der Waals surface area contributed by atoms with Gasteiger partial charge >= 0.3 is 0 Å². The molecule has 20 heavy (non-hydrogen) atoms. The predicted octanol–water partition coefficient (Wildman–Crippen LogP) is 4.08. The zero-order valence-corrected chi connectivity index (χ0v) is 11.2. The molecule has 0 spiro atoms. The van der Waals surface area contributed by atoms with E-state index in [0.29, 0.717) is 5.56 Å². The van der Waals surface area contributed by atoms with Gasteiger partial charge in [0.2, 0.25) is 0 Å². The van der Waals surface area contributed by atoms with Crippen molar-refractivity contribution in [2.45, 2.75) is 25.9 Å². The normalized spacial score (nSPS) is 13.4. The molecule has 0 radical (unpaired) electrons. The third kappa shape index (κ3) is 1.88. The minimum absolute atomic E-state index is 0.478. The smallest absolute Gasteiger partial charge is 0.257 e. The predicted molar refractivity (Wildman–Crippen MR) is 78.1 cm³/mol. The summed E-state index contributed by atoms with van der Waals surface area (Å²) in [6.07, 6.45) is -2.55. The molecule has 1 heterocycles. The van der Waals surface area contributed by atoms with Crippen molar-refractivity contribution in [3.63, 3.8) is 0 Å². The second kappa shape index (κ2) is 4.87. The number of nitrogens with zero attached hydrogens (tertiary/aromatic N) is 1. The monoisotopic (exact) mass is 274 g/mol. The van der Waals surface area contributed by atoms with Crippen LogP contribution >= 0.6 is 0 Å². The molecule has 0 aliphatic carbocycles. The lowest BCUT2D eigenvalue weighted by Crippen LogP contribution is -2.18. The van der Waals surface area contributed by atoms with Crippen LogP contribution in [0.5, 0.6) is 0 Å². The van der Waals surface area contributed by atoms with E-state index in [9.17, 15) is 8.78 Å². The van der Waals surface area contributed by atoms with Gasteiger partial charge in [-0.1, -0.05) is 24.3 Å². The van der Waals surface area contributed by atoms with Gasteiger partial charge < -0.3 is 10.3 Å². The topological polar surface area (TPSA) is 30.9 Å². The molecule has 0 aliphatic rings. The third-order valence-electron chi connectivity index (χ3n) is 3.77. The van der Waals surface area contributed by atoms with E-state index in [2.05, 4.69) is 11.5 Å². The van der Waals surface area contributed by atoms with Crippen LogP contribution in [0.1, 0.15) is 18.5 Å². The fourth-order valence-corrected chi connectivity index (χ4v) is 2.76. The number of hydrogen-bond donors (Lipinski definition) is 1. The molecule has 0 unspecified atom stereocenters. The summed E-state index contributed by atoms with van der Waals surface area (Å²) in [6.45, 7) is 2.91. The number of benzene rings is 2. The first kappa shape index (κ1) is 13.1. The number of fused-ring (bicyclic) bond motifs is 3. The van der Waals surface area contributed by atoms with Crippen LogP contribution < -0.4 is 5.73 Å². The van der Waals surface area contributed by atoms with Gasteiger partial charge in [-0.25, -0.2) is 8.78 Å². The summed E-state index contributed by atoms with van der Waals surface area (Å²) >= 11 is 0. The van der Waals surface area contributed by atoms with Crippen LogP contribution in [0.4, 0.5) is 8.78 Å². The summed E-state index contributed by atoms with van der Waals surface area (Å²) in [5.74, 6) is 0. The fourth-order valence-electron chi connectivity index (χ4n) is 2.76. The summed E-state index contributed by atoms with van der Waals surface area (Å²) in [6, 6.07) is 12.2. The quantitative estimate of drug-likeness (QED) is 0.766. The van der Waals surface area contributed by atoms with Gasteiger partial charge in [0.05, 0.1) is 6.04 Å². The SMILES string of the molecule is CCn1c2ccccc2c2cc([C@@H](N)C(F)F)ccc21. The first-order chi connectivity index (χ1) is 9.63. The highest BCUT2D eigenvalue weighted by molar-refractivity contribution is 6.08. The molecule has 0 amide bonds. The molecular formula is C16H16F2N2. The Morgan fingerprint density at radius 1 is 1.05 bits per heavy atom. The highest BCUT2D eigenvalue weighted by Gasteiger charge is 2.19. The molecule has 3 rings (SSSR count). The summed E-state index contributed by atoms with van der Waals surface area (Å²) in [4.78, 5) is 0. The van der Waals surface area contributed by atoms with Crippen molar-refractivity contribution in [2.75, 3.05) is 0 Å². The summed E-state index contributed by atoms with van der Waals surface area (Å²) in [7, 11) is 0. The van der Waals surface area contributed by atoms with E-state index < -0.39 is 12.5 Å². The van der Waals surface area contributed by atoms with Crippen LogP contribution in [-0.4, -0.2) is 11.0 Å². The van der Waals surface area contributed by atoms with Crippen molar-refractivity contribution < 1.29 is 8.78 Å². The number of alkyl halides is 2. The zero-order chi connectivity index (χ0) is 14.3. The van der Waals surface area contributed by atoms with E-state index in [4.69, 9.17) is 5.73 Å². The van der Waals surface area contributed by atoms with Crippen molar-refractivity contribution >= 4 is 21.8 Å². The second-order valence-electron chi connectivity index (χ2n) is 4.90. The molecule has 3 aromatic rings. The lowest BCUT2D eigenvalue weighted by atomic mass is 10.0. The van der Waals surface area contributed by atoms with E-state index in [-0.39, 0.29) is 0 Å². The number of hydrogen-bond acceptors (Lipinski definition) is 1. The molecule has 104 valence electrons. The molecular weight excluding hydrogens is 258 g/mol. The molecule has 0 saturated heterocycles. The second-order valence-corrected chi connectivity index (χ2v) is 4.90.